The lowest BCUT2D eigenvalue weighted by molar-refractivity contribution is -0.135. The van der Waals surface area contributed by atoms with Gasteiger partial charge in [-0.05, 0) is 31.4 Å². The molecule has 8 heteroatoms. The van der Waals surface area contributed by atoms with Gasteiger partial charge in [0.1, 0.15) is 0 Å². The van der Waals surface area contributed by atoms with Crippen molar-refractivity contribution in [3.8, 4) is 0 Å². The number of amides is 2. The van der Waals surface area contributed by atoms with E-state index in [0.29, 0.717) is 23.6 Å². The number of likely N-dealkylation sites (tertiary alicyclic amines) is 1. The van der Waals surface area contributed by atoms with Crippen molar-refractivity contribution in [2.24, 2.45) is 0 Å². The predicted octanol–water partition coefficient (Wildman–Crippen LogP) is 1.71. The fourth-order valence-corrected chi connectivity index (χ4v) is 3.56. The highest BCUT2D eigenvalue weighted by Gasteiger charge is 2.20. The van der Waals surface area contributed by atoms with Crippen LogP contribution in [-0.4, -0.2) is 68.4 Å². The van der Waals surface area contributed by atoms with Gasteiger partial charge in [0, 0.05) is 31.6 Å². The molecule has 1 N–H and O–H groups in total. The van der Waals surface area contributed by atoms with Crippen molar-refractivity contribution in [2.45, 2.75) is 24.2 Å². The molecule has 0 aliphatic carbocycles. The van der Waals surface area contributed by atoms with Crippen LogP contribution in [-0.2, 0) is 19.1 Å². The summed E-state index contributed by atoms with van der Waals surface area (Å²) in [5.74, 6) is -0.671. The van der Waals surface area contributed by atoms with E-state index in [2.05, 4.69) is 5.32 Å². The van der Waals surface area contributed by atoms with Crippen molar-refractivity contribution < 1.29 is 23.9 Å². The zero-order chi connectivity index (χ0) is 19.5. The number of hydrogen-bond donors (Lipinski definition) is 1. The third-order valence-corrected chi connectivity index (χ3v) is 5.20. The van der Waals surface area contributed by atoms with Crippen molar-refractivity contribution in [1.29, 1.82) is 0 Å². The van der Waals surface area contributed by atoms with Crippen LogP contribution < -0.4 is 5.32 Å². The van der Waals surface area contributed by atoms with Gasteiger partial charge in [-0.1, -0.05) is 12.1 Å². The quantitative estimate of drug-likeness (QED) is 0.390. The summed E-state index contributed by atoms with van der Waals surface area (Å²) in [5.41, 5.74) is 0.360. The number of nitrogens with one attached hydrogen (secondary N) is 1. The number of esters is 1. The van der Waals surface area contributed by atoms with Crippen molar-refractivity contribution in [1.82, 2.24) is 10.2 Å². The molecule has 1 heterocycles. The molecule has 0 unspecified atom stereocenters. The van der Waals surface area contributed by atoms with E-state index in [1.165, 1.54) is 11.8 Å². The number of ether oxygens (including phenoxy) is 2. The van der Waals surface area contributed by atoms with Crippen LogP contribution in [0.4, 0.5) is 0 Å². The van der Waals surface area contributed by atoms with Crippen molar-refractivity contribution in [3.63, 3.8) is 0 Å². The molecular formula is C19H26N2O5S. The second kappa shape index (κ2) is 11.6. The summed E-state index contributed by atoms with van der Waals surface area (Å²) >= 11 is 1.25. The van der Waals surface area contributed by atoms with Crippen molar-refractivity contribution in [2.75, 3.05) is 45.7 Å². The molecule has 0 atom stereocenters. The van der Waals surface area contributed by atoms with E-state index in [0.717, 1.165) is 32.4 Å². The van der Waals surface area contributed by atoms with Gasteiger partial charge in [0.2, 0.25) is 5.91 Å². The lowest BCUT2D eigenvalue weighted by Gasteiger charge is -2.26. The molecule has 1 aliphatic heterocycles. The fourth-order valence-electron chi connectivity index (χ4n) is 2.69. The van der Waals surface area contributed by atoms with E-state index in [4.69, 9.17) is 9.47 Å². The van der Waals surface area contributed by atoms with Crippen LogP contribution in [0.3, 0.4) is 0 Å². The van der Waals surface area contributed by atoms with Crippen LogP contribution >= 0.6 is 11.8 Å². The van der Waals surface area contributed by atoms with Crippen LogP contribution in [0.2, 0.25) is 0 Å². The van der Waals surface area contributed by atoms with Crippen molar-refractivity contribution in [3.05, 3.63) is 29.8 Å². The summed E-state index contributed by atoms with van der Waals surface area (Å²) < 4.78 is 10.1. The first-order valence-corrected chi connectivity index (χ1v) is 10.0. The van der Waals surface area contributed by atoms with Gasteiger partial charge in [0.05, 0.1) is 17.9 Å². The van der Waals surface area contributed by atoms with Crippen molar-refractivity contribution >= 4 is 29.5 Å². The maximum absolute atomic E-state index is 12.4. The number of methoxy groups -OCH3 is 1. The Balaban J connectivity index is 1.85. The van der Waals surface area contributed by atoms with Gasteiger partial charge in [-0.15, -0.1) is 11.8 Å². The molecule has 0 saturated carbocycles. The normalized spacial score (nSPS) is 13.9. The lowest BCUT2D eigenvalue weighted by Crippen LogP contribution is -2.38. The molecule has 0 bridgehead atoms. The minimum absolute atomic E-state index is 0.138. The summed E-state index contributed by atoms with van der Waals surface area (Å²) in [5, 5.41) is 2.73. The molecule has 0 aromatic heterocycles. The highest BCUT2D eigenvalue weighted by Crippen LogP contribution is 2.23. The first-order valence-electron chi connectivity index (χ1n) is 9.04. The summed E-state index contributed by atoms with van der Waals surface area (Å²) in [7, 11) is 1.57. The van der Waals surface area contributed by atoms with E-state index in [-0.39, 0.29) is 24.2 Å². The molecule has 0 spiro atoms. The average molecular weight is 394 g/mol. The van der Waals surface area contributed by atoms with E-state index in [9.17, 15) is 14.4 Å². The third kappa shape index (κ3) is 7.22. The molecule has 1 saturated heterocycles. The van der Waals surface area contributed by atoms with E-state index < -0.39 is 5.97 Å². The van der Waals surface area contributed by atoms with Gasteiger partial charge in [0.25, 0.3) is 5.91 Å². The first-order chi connectivity index (χ1) is 13.1. The number of carbonyl (C=O) groups excluding carboxylic acids is 3. The average Bonchev–Trinajstić information content (AvgIpc) is 2.71. The predicted molar refractivity (Wildman–Crippen MR) is 103 cm³/mol. The maximum Gasteiger partial charge on any atom is 0.339 e. The van der Waals surface area contributed by atoms with Gasteiger partial charge in [-0.25, -0.2) is 4.79 Å². The van der Waals surface area contributed by atoms with Gasteiger partial charge in [0.15, 0.2) is 6.61 Å². The Morgan fingerprint density at radius 1 is 1.15 bits per heavy atom. The number of benzene rings is 1. The second-order valence-corrected chi connectivity index (χ2v) is 7.16. The molecule has 1 fully saturated rings. The smallest absolute Gasteiger partial charge is 0.339 e. The minimum Gasteiger partial charge on any atom is -0.452 e. The molecule has 148 valence electrons. The molecule has 27 heavy (non-hydrogen) atoms. The van der Waals surface area contributed by atoms with Crippen LogP contribution in [0.5, 0.6) is 0 Å². The van der Waals surface area contributed by atoms with Gasteiger partial charge < -0.3 is 19.7 Å². The Morgan fingerprint density at radius 2 is 1.89 bits per heavy atom. The van der Waals surface area contributed by atoms with Gasteiger partial charge in [-0.2, -0.15) is 0 Å². The number of nitrogens with zero attached hydrogens (tertiary/aromatic N) is 1. The zero-order valence-electron chi connectivity index (χ0n) is 15.6. The van der Waals surface area contributed by atoms with Crippen LogP contribution in [0, 0.1) is 0 Å². The van der Waals surface area contributed by atoms with E-state index >= 15 is 0 Å². The van der Waals surface area contributed by atoms with E-state index in [1.807, 2.05) is 0 Å². The Morgan fingerprint density at radius 3 is 2.63 bits per heavy atom. The van der Waals surface area contributed by atoms with Gasteiger partial charge in [-0.3, -0.25) is 9.59 Å². The monoisotopic (exact) mass is 394 g/mol. The Labute approximate surface area is 163 Å². The SMILES string of the molecule is COCCNC(=O)CSc1ccccc1C(=O)OCC(=O)N1CCCCC1. The highest BCUT2D eigenvalue weighted by atomic mass is 32.2. The summed E-state index contributed by atoms with van der Waals surface area (Å²) in [6.45, 7) is 2.08. The molecule has 1 aliphatic rings. The number of thioether (sulfide) groups is 1. The molecule has 2 rings (SSSR count). The minimum atomic E-state index is -0.553. The van der Waals surface area contributed by atoms with Gasteiger partial charge >= 0.3 is 5.97 Å². The topological polar surface area (TPSA) is 84.9 Å². The van der Waals surface area contributed by atoms with Crippen LogP contribution in [0.25, 0.3) is 0 Å². The number of carbonyl (C=O) groups is 3. The number of hydrogen-bond acceptors (Lipinski definition) is 6. The molecule has 2 amide bonds. The first kappa shape index (κ1) is 21.2. The molecule has 1 aromatic carbocycles. The Bertz CT molecular complexity index is 647. The highest BCUT2D eigenvalue weighted by molar-refractivity contribution is 8.00. The second-order valence-electron chi connectivity index (χ2n) is 6.15. The summed E-state index contributed by atoms with van der Waals surface area (Å²) in [6, 6.07) is 6.92. The summed E-state index contributed by atoms with van der Waals surface area (Å²) in [6.07, 6.45) is 3.12. The molecule has 7 nitrogen and oxygen atoms in total. The van der Waals surface area contributed by atoms with Crippen LogP contribution in [0.1, 0.15) is 29.6 Å². The fraction of sp³-hybridized carbons (Fsp3) is 0.526. The third-order valence-electron chi connectivity index (χ3n) is 4.13. The molecular weight excluding hydrogens is 368 g/mol. The lowest BCUT2D eigenvalue weighted by atomic mass is 10.1. The van der Waals surface area contributed by atoms with E-state index in [1.54, 1.807) is 36.3 Å². The maximum atomic E-state index is 12.4. The summed E-state index contributed by atoms with van der Waals surface area (Å²) in [4.78, 5) is 38.7. The number of piperidine rings is 1. The Hall–Kier alpha value is -2.06. The van der Waals surface area contributed by atoms with Crippen LogP contribution in [0.15, 0.2) is 29.2 Å². The largest absolute Gasteiger partial charge is 0.452 e. The zero-order valence-corrected chi connectivity index (χ0v) is 16.4. The Kier molecular flexibility index (Phi) is 9.13. The standard InChI is InChI=1S/C19H26N2O5S/c1-25-12-9-20-17(22)14-27-16-8-4-3-7-15(16)19(24)26-13-18(23)21-10-5-2-6-11-21/h3-4,7-8H,2,5-6,9-14H2,1H3,(H,20,22). The molecule has 0 radical (unpaired) electrons. The number of rotatable bonds is 9. The molecule has 1 aromatic rings.